The number of urea groups is 1. The maximum atomic E-state index is 14.2. The molecule has 0 spiro atoms. The van der Waals surface area contributed by atoms with E-state index in [1.807, 2.05) is 41.8 Å². The highest BCUT2D eigenvalue weighted by Crippen LogP contribution is 2.32. The number of amides is 2. The van der Waals surface area contributed by atoms with Crippen LogP contribution in [0.5, 0.6) is 0 Å². The van der Waals surface area contributed by atoms with E-state index in [-0.39, 0.29) is 17.3 Å². The summed E-state index contributed by atoms with van der Waals surface area (Å²) in [5, 5.41) is 20.7. The summed E-state index contributed by atoms with van der Waals surface area (Å²) in [5.41, 5.74) is 1.27. The number of nitrogens with one attached hydrogen (secondary N) is 1. The largest absolute Gasteiger partial charge is 0.322 e. The first-order valence-electron chi connectivity index (χ1n) is 9.87. The zero-order valence-corrected chi connectivity index (χ0v) is 17.6. The van der Waals surface area contributed by atoms with Crippen LogP contribution in [0, 0.1) is 24.1 Å². The zero-order chi connectivity index (χ0) is 22.0. The summed E-state index contributed by atoms with van der Waals surface area (Å²) in [6.45, 7) is 2.96. The number of hydrogen-bond donors (Lipinski definition) is 1. The van der Waals surface area contributed by atoms with Crippen molar-refractivity contribution >= 4 is 23.3 Å². The quantitative estimate of drug-likeness (QED) is 0.641. The Kier molecular flexibility index (Phi) is 5.87. The highest BCUT2D eigenvalue weighted by molar-refractivity contribution is 6.30. The number of nitriles is 1. The van der Waals surface area contributed by atoms with Gasteiger partial charge in [0.1, 0.15) is 11.6 Å². The summed E-state index contributed by atoms with van der Waals surface area (Å²) in [6, 6.07) is 12.7. The van der Waals surface area contributed by atoms with E-state index in [9.17, 15) is 9.18 Å². The predicted molar refractivity (Wildman–Crippen MR) is 114 cm³/mol. The molecule has 1 aliphatic heterocycles. The van der Waals surface area contributed by atoms with Crippen molar-refractivity contribution in [2.24, 2.45) is 0 Å². The number of rotatable bonds is 4. The van der Waals surface area contributed by atoms with Crippen molar-refractivity contribution in [3.8, 4) is 6.07 Å². The van der Waals surface area contributed by atoms with Crippen LogP contribution < -0.4 is 5.32 Å². The lowest BCUT2D eigenvalue weighted by Gasteiger charge is -2.25. The molecular formula is C22H20ClFN6O. The summed E-state index contributed by atoms with van der Waals surface area (Å²) in [4.78, 5) is 14.6. The van der Waals surface area contributed by atoms with Crippen LogP contribution >= 0.6 is 11.6 Å². The summed E-state index contributed by atoms with van der Waals surface area (Å²) >= 11 is 5.98. The first-order chi connectivity index (χ1) is 15.0. The van der Waals surface area contributed by atoms with Crippen molar-refractivity contribution in [3.63, 3.8) is 0 Å². The number of anilines is 1. The van der Waals surface area contributed by atoms with E-state index in [4.69, 9.17) is 16.9 Å². The SMILES string of the molecule is Cc1nnc([C@H]2CCCN2C(=O)Nc2ccc(C#N)cc2F)n1Cc1ccc(Cl)cc1. The van der Waals surface area contributed by atoms with Gasteiger partial charge in [-0.1, -0.05) is 23.7 Å². The summed E-state index contributed by atoms with van der Waals surface area (Å²) < 4.78 is 16.2. The third-order valence-electron chi connectivity index (χ3n) is 5.37. The molecule has 2 aromatic carbocycles. The molecule has 31 heavy (non-hydrogen) atoms. The van der Waals surface area contributed by atoms with Gasteiger partial charge in [-0.3, -0.25) is 0 Å². The number of nitrogens with zero attached hydrogens (tertiary/aromatic N) is 5. The highest BCUT2D eigenvalue weighted by Gasteiger charge is 2.34. The monoisotopic (exact) mass is 438 g/mol. The van der Waals surface area contributed by atoms with Gasteiger partial charge < -0.3 is 14.8 Å². The van der Waals surface area contributed by atoms with Gasteiger partial charge in [0, 0.05) is 11.6 Å². The Balaban J connectivity index is 1.55. The second-order valence-corrected chi connectivity index (χ2v) is 7.84. The lowest BCUT2D eigenvalue weighted by Crippen LogP contribution is -2.36. The number of hydrogen-bond acceptors (Lipinski definition) is 4. The van der Waals surface area contributed by atoms with Crippen LogP contribution in [0.25, 0.3) is 0 Å². The van der Waals surface area contributed by atoms with Crippen LogP contribution in [0.1, 0.15) is 41.7 Å². The van der Waals surface area contributed by atoms with Crippen molar-refractivity contribution in [3.05, 3.63) is 76.1 Å². The third kappa shape index (κ3) is 4.37. The van der Waals surface area contributed by atoms with E-state index in [0.29, 0.717) is 23.9 Å². The Hall–Kier alpha value is -3.44. The summed E-state index contributed by atoms with van der Waals surface area (Å²) in [7, 11) is 0. The minimum atomic E-state index is -0.648. The van der Waals surface area contributed by atoms with Crippen molar-refractivity contribution in [2.45, 2.75) is 32.4 Å². The first-order valence-corrected chi connectivity index (χ1v) is 10.3. The summed E-state index contributed by atoms with van der Waals surface area (Å²) in [5.74, 6) is 0.792. The van der Waals surface area contributed by atoms with Crippen molar-refractivity contribution < 1.29 is 9.18 Å². The minimum absolute atomic E-state index is 0.0356. The normalized spacial score (nSPS) is 15.7. The van der Waals surface area contributed by atoms with Crippen LogP contribution in [0.15, 0.2) is 42.5 Å². The van der Waals surface area contributed by atoms with Crippen LogP contribution in [-0.4, -0.2) is 32.2 Å². The fourth-order valence-corrected chi connectivity index (χ4v) is 3.89. The standard InChI is InChI=1S/C22H20ClFN6O/c1-14-27-28-21(30(14)13-15-4-7-17(23)8-5-15)20-3-2-10-29(20)22(31)26-19-9-6-16(12-25)11-18(19)24/h4-9,11,20H,2-3,10,13H2,1H3,(H,26,31)/t20-/m1/s1. The third-order valence-corrected chi connectivity index (χ3v) is 5.62. The number of aryl methyl sites for hydroxylation is 1. The van der Waals surface area contributed by atoms with E-state index in [1.165, 1.54) is 12.1 Å². The molecule has 3 aromatic rings. The minimum Gasteiger partial charge on any atom is -0.314 e. The lowest BCUT2D eigenvalue weighted by molar-refractivity contribution is 0.203. The Morgan fingerprint density at radius 1 is 1.29 bits per heavy atom. The molecule has 1 fully saturated rings. The van der Waals surface area contributed by atoms with Crippen LogP contribution in [0.3, 0.4) is 0 Å². The van der Waals surface area contributed by atoms with Crippen LogP contribution in [0.4, 0.5) is 14.9 Å². The smallest absolute Gasteiger partial charge is 0.314 e. The highest BCUT2D eigenvalue weighted by atomic mass is 35.5. The van der Waals surface area contributed by atoms with Crippen LogP contribution in [0.2, 0.25) is 5.02 Å². The molecule has 158 valence electrons. The topological polar surface area (TPSA) is 86.8 Å². The van der Waals surface area contributed by atoms with E-state index in [2.05, 4.69) is 15.5 Å². The number of carbonyl (C=O) groups excluding carboxylic acids is 1. The zero-order valence-electron chi connectivity index (χ0n) is 16.8. The van der Waals surface area contributed by atoms with Crippen molar-refractivity contribution in [2.75, 3.05) is 11.9 Å². The van der Waals surface area contributed by atoms with Crippen molar-refractivity contribution in [1.29, 1.82) is 5.26 Å². The van der Waals surface area contributed by atoms with Gasteiger partial charge in [-0.15, -0.1) is 10.2 Å². The van der Waals surface area contributed by atoms with Gasteiger partial charge in [-0.2, -0.15) is 5.26 Å². The molecule has 1 aromatic heterocycles. The van der Waals surface area contributed by atoms with Crippen LogP contribution in [-0.2, 0) is 6.54 Å². The molecule has 0 bridgehead atoms. The second-order valence-electron chi connectivity index (χ2n) is 7.41. The maximum absolute atomic E-state index is 14.2. The number of carbonyl (C=O) groups is 1. The molecule has 1 saturated heterocycles. The molecule has 0 unspecified atom stereocenters. The second kappa shape index (κ2) is 8.74. The predicted octanol–water partition coefficient (Wildman–Crippen LogP) is 4.67. The van der Waals surface area contributed by atoms with Gasteiger partial charge in [-0.25, -0.2) is 9.18 Å². The molecule has 9 heteroatoms. The molecule has 1 atom stereocenters. The molecule has 2 amide bonds. The van der Waals surface area contributed by atoms with E-state index in [1.54, 1.807) is 4.90 Å². The maximum Gasteiger partial charge on any atom is 0.322 e. The van der Waals surface area contributed by atoms with Gasteiger partial charge >= 0.3 is 6.03 Å². The Bertz CT molecular complexity index is 1150. The van der Waals surface area contributed by atoms with Gasteiger partial charge in [0.25, 0.3) is 0 Å². The fourth-order valence-electron chi connectivity index (χ4n) is 3.76. The van der Waals surface area contributed by atoms with Gasteiger partial charge in [0.05, 0.1) is 29.9 Å². The number of likely N-dealkylation sites (tertiary alicyclic amines) is 1. The molecule has 7 nitrogen and oxygen atoms in total. The number of halogens is 2. The first kappa shape index (κ1) is 20.8. The van der Waals surface area contributed by atoms with E-state index >= 15 is 0 Å². The van der Waals surface area contributed by atoms with E-state index < -0.39 is 11.8 Å². The summed E-state index contributed by atoms with van der Waals surface area (Å²) in [6.07, 6.45) is 1.54. The molecule has 1 N–H and O–H groups in total. The molecule has 4 rings (SSSR count). The number of aromatic nitrogens is 3. The molecule has 0 aliphatic carbocycles. The van der Waals surface area contributed by atoms with Gasteiger partial charge in [0.2, 0.25) is 0 Å². The molecular weight excluding hydrogens is 419 g/mol. The fraction of sp³-hybridized carbons (Fsp3) is 0.273. The molecule has 0 radical (unpaired) electrons. The average Bonchev–Trinajstić information content (AvgIpc) is 3.38. The Morgan fingerprint density at radius 2 is 2.06 bits per heavy atom. The van der Waals surface area contributed by atoms with E-state index in [0.717, 1.165) is 30.3 Å². The van der Waals surface area contributed by atoms with Crippen molar-refractivity contribution in [1.82, 2.24) is 19.7 Å². The Morgan fingerprint density at radius 3 is 2.77 bits per heavy atom. The van der Waals surface area contributed by atoms with Gasteiger partial charge in [-0.05, 0) is 55.7 Å². The molecule has 2 heterocycles. The lowest BCUT2D eigenvalue weighted by atomic mass is 10.2. The number of benzene rings is 2. The Labute approximate surface area is 184 Å². The van der Waals surface area contributed by atoms with Gasteiger partial charge in [0.15, 0.2) is 5.82 Å². The molecule has 1 aliphatic rings. The average molecular weight is 439 g/mol. The molecule has 0 saturated carbocycles.